The molecular formula is C17H24ClN3O2. The zero-order valence-corrected chi connectivity index (χ0v) is 14.0. The summed E-state index contributed by atoms with van der Waals surface area (Å²) in [5.41, 5.74) is 1.71. The molecule has 1 atom stereocenters. The van der Waals surface area contributed by atoms with E-state index in [2.05, 4.69) is 10.6 Å². The predicted octanol–water partition coefficient (Wildman–Crippen LogP) is 2.56. The highest BCUT2D eigenvalue weighted by Crippen LogP contribution is 2.23. The second-order valence-corrected chi connectivity index (χ2v) is 6.14. The molecule has 0 aliphatic carbocycles. The number of halogens is 1. The molecule has 6 heteroatoms. The number of carbonyl (C=O) groups excluding carboxylic acids is 2. The molecule has 23 heavy (non-hydrogen) atoms. The number of hydrogen-bond acceptors (Lipinski definition) is 3. The molecule has 0 spiro atoms. The van der Waals surface area contributed by atoms with Crippen molar-refractivity contribution in [3.8, 4) is 0 Å². The number of amides is 2. The minimum Gasteiger partial charge on any atom is -0.326 e. The van der Waals surface area contributed by atoms with E-state index in [-0.39, 0.29) is 24.2 Å². The Kier molecular flexibility index (Phi) is 6.42. The zero-order chi connectivity index (χ0) is 15.4. The van der Waals surface area contributed by atoms with Gasteiger partial charge in [-0.2, -0.15) is 0 Å². The summed E-state index contributed by atoms with van der Waals surface area (Å²) < 4.78 is 0. The standard InChI is InChI=1S/C17H23N3O2.ClH/c21-16(8-3-13-9-10-18-12-13)19-14-4-6-15(7-5-14)20-11-1-2-17(20)22;/h4-7,13,18H,1-3,8-12H2,(H,19,21);1H. The van der Waals surface area contributed by atoms with Crippen molar-refractivity contribution < 1.29 is 9.59 Å². The van der Waals surface area contributed by atoms with Gasteiger partial charge in [-0.1, -0.05) is 0 Å². The first-order valence-corrected chi connectivity index (χ1v) is 8.13. The highest BCUT2D eigenvalue weighted by Gasteiger charge is 2.21. The fourth-order valence-electron chi connectivity index (χ4n) is 3.17. The molecule has 5 nitrogen and oxygen atoms in total. The van der Waals surface area contributed by atoms with Crippen molar-refractivity contribution in [3.05, 3.63) is 24.3 Å². The van der Waals surface area contributed by atoms with Crippen molar-refractivity contribution in [2.45, 2.75) is 32.1 Å². The van der Waals surface area contributed by atoms with E-state index >= 15 is 0 Å². The maximum absolute atomic E-state index is 12.0. The van der Waals surface area contributed by atoms with E-state index in [1.165, 1.54) is 6.42 Å². The molecule has 1 aromatic rings. The van der Waals surface area contributed by atoms with E-state index in [0.29, 0.717) is 18.8 Å². The zero-order valence-electron chi connectivity index (χ0n) is 13.2. The Morgan fingerprint density at radius 1 is 1.30 bits per heavy atom. The minimum absolute atomic E-state index is 0. The van der Waals surface area contributed by atoms with Crippen LogP contribution >= 0.6 is 12.4 Å². The molecule has 0 bridgehead atoms. The summed E-state index contributed by atoms with van der Waals surface area (Å²) in [4.78, 5) is 25.5. The maximum atomic E-state index is 12.0. The molecule has 0 saturated carbocycles. The molecule has 3 rings (SSSR count). The number of benzene rings is 1. The van der Waals surface area contributed by atoms with Crippen molar-refractivity contribution in [2.24, 2.45) is 5.92 Å². The molecule has 0 aromatic heterocycles. The number of hydrogen-bond donors (Lipinski definition) is 2. The molecule has 2 heterocycles. The molecule has 2 amide bonds. The lowest BCUT2D eigenvalue weighted by atomic mass is 10.0. The monoisotopic (exact) mass is 337 g/mol. The highest BCUT2D eigenvalue weighted by molar-refractivity contribution is 5.96. The lowest BCUT2D eigenvalue weighted by molar-refractivity contribution is -0.117. The quantitative estimate of drug-likeness (QED) is 0.868. The molecule has 2 saturated heterocycles. The van der Waals surface area contributed by atoms with Gasteiger partial charge >= 0.3 is 0 Å². The second kappa shape index (κ2) is 8.31. The Hall–Kier alpha value is -1.59. The largest absolute Gasteiger partial charge is 0.326 e. The SMILES string of the molecule is Cl.O=C(CCC1CCNC1)Nc1ccc(N2CCCC2=O)cc1. The van der Waals surface area contributed by atoms with Crippen LogP contribution in [0.15, 0.2) is 24.3 Å². The topological polar surface area (TPSA) is 61.4 Å². The Morgan fingerprint density at radius 2 is 2.09 bits per heavy atom. The van der Waals surface area contributed by atoms with Gasteiger partial charge in [0.1, 0.15) is 0 Å². The summed E-state index contributed by atoms with van der Waals surface area (Å²) in [6.45, 7) is 2.90. The summed E-state index contributed by atoms with van der Waals surface area (Å²) in [6.07, 6.45) is 4.24. The van der Waals surface area contributed by atoms with Crippen molar-refractivity contribution in [1.82, 2.24) is 5.32 Å². The van der Waals surface area contributed by atoms with Crippen LogP contribution in [0.1, 0.15) is 32.1 Å². The summed E-state index contributed by atoms with van der Waals surface area (Å²) in [6, 6.07) is 7.55. The summed E-state index contributed by atoms with van der Waals surface area (Å²) in [7, 11) is 0. The number of nitrogens with zero attached hydrogens (tertiary/aromatic N) is 1. The number of carbonyl (C=O) groups is 2. The first-order chi connectivity index (χ1) is 10.7. The van der Waals surface area contributed by atoms with E-state index in [9.17, 15) is 9.59 Å². The molecule has 1 unspecified atom stereocenters. The van der Waals surface area contributed by atoms with Crippen LogP contribution in [0.2, 0.25) is 0 Å². The van der Waals surface area contributed by atoms with Gasteiger partial charge in [0, 0.05) is 30.8 Å². The lowest BCUT2D eigenvalue weighted by Crippen LogP contribution is -2.23. The molecule has 2 N–H and O–H groups in total. The average molecular weight is 338 g/mol. The number of anilines is 2. The Bertz CT molecular complexity index is 541. The van der Waals surface area contributed by atoms with Crippen LogP contribution in [-0.4, -0.2) is 31.4 Å². The normalized spacial score (nSPS) is 20.4. The van der Waals surface area contributed by atoms with Gasteiger partial charge in [-0.25, -0.2) is 0 Å². The van der Waals surface area contributed by atoms with Gasteiger partial charge in [0.05, 0.1) is 0 Å². The van der Waals surface area contributed by atoms with Crippen LogP contribution in [-0.2, 0) is 9.59 Å². The molecule has 126 valence electrons. The van der Waals surface area contributed by atoms with E-state index in [1.54, 1.807) is 4.90 Å². The smallest absolute Gasteiger partial charge is 0.227 e. The maximum Gasteiger partial charge on any atom is 0.227 e. The van der Waals surface area contributed by atoms with E-state index in [4.69, 9.17) is 0 Å². The molecular weight excluding hydrogens is 314 g/mol. The van der Waals surface area contributed by atoms with Crippen LogP contribution in [0.5, 0.6) is 0 Å². The van der Waals surface area contributed by atoms with Gasteiger partial charge in [0.25, 0.3) is 0 Å². The first-order valence-electron chi connectivity index (χ1n) is 8.13. The number of nitrogens with one attached hydrogen (secondary N) is 2. The summed E-state index contributed by atoms with van der Waals surface area (Å²) in [5, 5.41) is 6.25. The van der Waals surface area contributed by atoms with E-state index in [1.807, 2.05) is 24.3 Å². The molecule has 2 fully saturated rings. The van der Waals surface area contributed by atoms with Crippen LogP contribution in [0.4, 0.5) is 11.4 Å². The van der Waals surface area contributed by atoms with E-state index < -0.39 is 0 Å². The van der Waals surface area contributed by atoms with Gasteiger partial charge < -0.3 is 15.5 Å². The predicted molar refractivity (Wildman–Crippen MR) is 94.1 cm³/mol. The first kappa shape index (κ1) is 17.8. The average Bonchev–Trinajstić information content (AvgIpc) is 3.17. The van der Waals surface area contributed by atoms with Crippen LogP contribution in [0, 0.1) is 5.92 Å². The Labute approximate surface area is 143 Å². The fourth-order valence-corrected chi connectivity index (χ4v) is 3.17. The Balaban J connectivity index is 0.00000192. The van der Waals surface area contributed by atoms with Gasteiger partial charge in [-0.15, -0.1) is 12.4 Å². The van der Waals surface area contributed by atoms with Crippen molar-refractivity contribution in [1.29, 1.82) is 0 Å². The third-order valence-electron chi connectivity index (χ3n) is 4.48. The van der Waals surface area contributed by atoms with Gasteiger partial charge in [-0.3, -0.25) is 9.59 Å². The highest BCUT2D eigenvalue weighted by atomic mass is 35.5. The van der Waals surface area contributed by atoms with Crippen LogP contribution in [0.25, 0.3) is 0 Å². The molecule has 1 aromatic carbocycles. The fraction of sp³-hybridized carbons (Fsp3) is 0.529. The number of rotatable bonds is 5. The van der Waals surface area contributed by atoms with Crippen molar-refractivity contribution in [2.75, 3.05) is 29.9 Å². The van der Waals surface area contributed by atoms with Crippen LogP contribution in [0.3, 0.4) is 0 Å². The Morgan fingerprint density at radius 3 is 2.70 bits per heavy atom. The van der Waals surface area contributed by atoms with Crippen molar-refractivity contribution in [3.63, 3.8) is 0 Å². The lowest BCUT2D eigenvalue weighted by Gasteiger charge is -2.16. The summed E-state index contributed by atoms with van der Waals surface area (Å²) in [5.74, 6) is 0.883. The molecule has 2 aliphatic rings. The molecule has 0 radical (unpaired) electrons. The molecule has 2 aliphatic heterocycles. The van der Waals surface area contributed by atoms with Crippen LogP contribution < -0.4 is 15.5 Å². The van der Waals surface area contributed by atoms with Gasteiger partial charge in [-0.05, 0) is 62.5 Å². The third-order valence-corrected chi connectivity index (χ3v) is 4.48. The van der Waals surface area contributed by atoms with E-state index in [0.717, 1.165) is 43.9 Å². The van der Waals surface area contributed by atoms with Gasteiger partial charge in [0.2, 0.25) is 11.8 Å². The third kappa shape index (κ3) is 4.69. The summed E-state index contributed by atoms with van der Waals surface area (Å²) >= 11 is 0. The van der Waals surface area contributed by atoms with Gasteiger partial charge in [0.15, 0.2) is 0 Å². The van der Waals surface area contributed by atoms with Crippen molar-refractivity contribution >= 4 is 35.6 Å². The second-order valence-electron chi connectivity index (χ2n) is 6.14. The minimum atomic E-state index is 0.